The lowest BCUT2D eigenvalue weighted by atomic mass is 10.1. The molecule has 0 radical (unpaired) electrons. The van der Waals surface area contributed by atoms with Crippen LogP contribution < -0.4 is 5.32 Å². The molecule has 1 saturated heterocycles. The highest BCUT2D eigenvalue weighted by molar-refractivity contribution is 5.85. The summed E-state index contributed by atoms with van der Waals surface area (Å²) >= 11 is 0. The topological polar surface area (TPSA) is 15.3 Å². The second-order valence-electron chi connectivity index (χ2n) is 4.81. The molecule has 3 heteroatoms. The number of nitrogens with zero attached hydrogens (tertiary/aromatic N) is 1. The van der Waals surface area contributed by atoms with Crippen LogP contribution in [0.2, 0.25) is 0 Å². The highest BCUT2D eigenvalue weighted by Gasteiger charge is 2.23. The van der Waals surface area contributed by atoms with Crippen LogP contribution in [-0.4, -0.2) is 31.1 Å². The average molecular weight is 255 g/mol. The molecule has 1 atom stereocenters. The Kier molecular flexibility index (Phi) is 5.96. The first-order chi connectivity index (χ1) is 7.79. The molecule has 0 amide bonds. The minimum atomic E-state index is 0. The summed E-state index contributed by atoms with van der Waals surface area (Å²) in [7, 11) is 2.04. The molecule has 2 rings (SSSR count). The number of hydrogen-bond acceptors (Lipinski definition) is 2. The van der Waals surface area contributed by atoms with Crippen LogP contribution >= 0.6 is 12.4 Å². The van der Waals surface area contributed by atoms with Gasteiger partial charge in [0.25, 0.3) is 0 Å². The van der Waals surface area contributed by atoms with Crippen LogP contribution in [0.5, 0.6) is 0 Å². The molecule has 0 bridgehead atoms. The lowest BCUT2D eigenvalue weighted by Crippen LogP contribution is -2.36. The van der Waals surface area contributed by atoms with E-state index in [0.29, 0.717) is 0 Å². The van der Waals surface area contributed by atoms with Crippen LogP contribution in [-0.2, 0) is 6.54 Å². The van der Waals surface area contributed by atoms with E-state index >= 15 is 0 Å². The van der Waals surface area contributed by atoms with Crippen LogP contribution in [0.4, 0.5) is 0 Å². The molecule has 2 nitrogen and oxygen atoms in total. The summed E-state index contributed by atoms with van der Waals surface area (Å²) in [6, 6.07) is 9.65. The molecule has 0 saturated carbocycles. The summed E-state index contributed by atoms with van der Waals surface area (Å²) in [6.07, 6.45) is 2.69. The van der Waals surface area contributed by atoms with Crippen molar-refractivity contribution in [3.8, 4) is 0 Å². The molecule has 1 unspecified atom stereocenters. The highest BCUT2D eigenvalue weighted by Crippen LogP contribution is 2.19. The van der Waals surface area contributed by atoms with E-state index in [1.54, 1.807) is 0 Å². The molecule has 1 fully saturated rings. The summed E-state index contributed by atoms with van der Waals surface area (Å²) in [5.41, 5.74) is 2.78. The van der Waals surface area contributed by atoms with Gasteiger partial charge in [0.15, 0.2) is 0 Å². The maximum atomic E-state index is 3.29. The third-order valence-corrected chi connectivity index (χ3v) is 3.45. The molecule has 1 aromatic carbocycles. The Balaban J connectivity index is 0.00000144. The van der Waals surface area contributed by atoms with Gasteiger partial charge >= 0.3 is 0 Å². The maximum Gasteiger partial charge on any atom is 0.0237 e. The van der Waals surface area contributed by atoms with Crippen LogP contribution in [0.3, 0.4) is 0 Å². The van der Waals surface area contributed by atoms with Crippen LogP contribution in [0.15, 0.2) is 24.3 Å². The zero-order valence-electron chi connectivity index (χ0n) is 10.8. The molecule has 0 aromatic heterocycles. The predicted octanol–water partition coefficient (Wildman–Crippen LogP) is 2.60. The standard InChI is InChI=1S/C14H22N2.ClH/c1-12-5-7-13(8-6-12)11-16-9-3-4-14(16)10-15-2;/h5-8,14-15H,3-4,9-11H2,1-2H3;1H. The van der Waals surface area contributed by atoms with E-state index in [1.165, 1.54) is 30.5 Å². The van der Waals surface area contributed by atoms with Crippen molar-refractivity contribution in [3.05, 3.63) is 35.4 Å². The van der Waals surface area contributed by atoms with Gasteiger partial charge in [-0.15, -0.1) is 12.4 Å². The molecule has 1 N–H and O–H groups in total. The molecule has 96 valence electrons. The first-order valence-electron chi connectivity index (χ1n) is 6.24. The first kappa shape index (κ1) is 14.5. The largest absolute Gasteiger partial charge is 0.318 e. The van der Waals surface area contributed by atoms with Gasteiger partial charge in [-0.1, -0.05) is 29.8 Å². The quantitative estimate of drug-likeness (QED) is 0.889. The van der Waals surface area contributed by atoms with Gasteiger partial charge in [-0.05, 0) is 38.9 Å². The van der Waals surface area contributed by atoms with Crippen molar-refractivity contribution in [3.63, 3.8) is 0 Å². The maximum absolute atomic E-state index is 3.29. The van der Waals surface area contributed by atoms with Gasteiger partial charge in [0.05, 0.1) is 0 Å². The van der Waals surface area contributed by atoms with Gasteiger partial charge in [-0.2, -0.15) is 0 Å². The second kappa shape index (κ2) is 7.00. The van der Waals surface area contributed by atoms with E-state index in [4.69, 9.17) is 0 Å². The predicted molar refractivity (Wildman–Crippen MR) is 75.8 cm³/mol. The lowest BCUT2D eigenvalue weighted by molar-refractivity contribution is 0.242. The summed E-state index contributed by atoms with van der Waals surface area (Å²) in [6.45, 7) is 5.61. The minimum absolute atomic E-state index is 0. The average Bonchev–Trinajstić information content (AvgIpc) is 2.70. The fraction of sp³-hybridized carbons (Fsp3) is 0.571. The fourth-order valence-electron chi connectivity index (χ4n) is 2.50. The molecule has 0 aliphatic carbocycles. The Bertz CT molecular complexity index is 323. The van der Waals surface area contributed by atoms with Gasteiger partial charge in [-0.3, -0.25) is 4.90 Å². The fourth-order valence-corrected chi connectivity index (χ4v) is 2.50. The Hall–Kier alpha value is -0.570. The van der Waals surface area contributed by atoms with Gasteiger partial charge in [0.2, 0.25) is 0 Å². The number of hydrogen-bond donors (Lipinski definition) is 1. The Morgan fingerprint density at radius 3 is 2.65 bits per heavy atom. The summed E-state index contributed by atoms with van der Waals surface area (Å²) in [5.74, 6) is 0. The molecular weight excluding hydrogens is 232 g/mol. The second-order valence-corrected chi connectivity index (χ2v) is 4.81. The van der Waals surface area contributed by atoms with Gasteiger partial charge < -0.3 is 5.32 Å². The van der Waals surface area contributed by atoms with E-state index in [-0.39, 0.29) is 12.4 Å². The van der Waals surface area contributed by atoms with E-state index in [0.717, 1.165) is 19.1 Å². The van der Waals surface area contributed by atoms with Crippen molar-refractivity contribution >= 4 is 12.4 Å². The Labute approximate surface area is 111 Å². The van der Waals surface area contributed by atoms with Gasteiger partial charge in [0.1, 0.15) is 0 Å². The van der Waals surface area contributed by atoms with E-state index in [2.05, 4.69) is 41.4 Å². The number of rotatable bonds is 4. The number of likely N-dealkylation sites (tertiary alicyclic amines) is 1. The molecule has 1 aliphatic heterocycles. The van der Waals surface area contributed by atoms with Crippen molar-refractivity contribution in [2.75, 3.05) is 20.1 Å². The Morgan fingerprint density at radius 2 is 2.00 bits per heavy atom. The minimum Gasteiger partial charge on any atom is -0.318 e. The zero-order chi connectivity index (χ0) is 11.4. The number of halogens is 1. The summed E-state index contributed by atoms with van der Waals surface area (Å²) in [5, 5.41) is 3.29. The molecule has 1 heterocycles. The van der Waals surface area contributed by atoms with Gasteiger partial charge in [0, 0.05) is 19.1 Å². The smallest absolute Gasteiger partial charge is 0.0237 e. The van der Waals surface area contributed by atoms with Crippen LogP contribution in [0.25, 0.3) is 0 Å². The van der Waals surface area contributed by atoms with Crippen molar-refractivity contribution in [2.24, 2.45) is 0 Å². The molecule has 0 spiro atoms. The van der Waals surface area contributed by atoms with E-state index < -0.39 is 0 Å². The first-order valence-corrected chi connectivity index (χ1v) is 6.24. The Morgan fingerprint density at radius 1 is 1.29 bits per heavy atom. The summed E-state index contributed by atoms with van der Waals surface area (Å²) < 4.78 is 0. The molecular formula is C14H23ClN2. The lowest BCUT2D eigenvalue weighted by Gasteiger charge is -2.24. The highest BCUT2D eigenvalue weighted by atomic mass is 35.5. The number of likely N-dealkylation sites (N-methyl/N-ethyl adjacent to an activating group) is 1. The summed E-state index contributed by atoms with van der Waals surface area (Å²) in [4.78, 5) is 2.60. The molecule has 1 aromatic rings. The number of aryl methyl sites for hydroxylation is 1. The van der Waals surface area contributed by atoms with Crippen LogP contribution in [0, 0.1) is 6.92 Å². The van der Waals surface area contributed by atoms with Crippen molar-refractivity contribution in [2.45, 2.75) is 32.4 Å². The molecule has 1 aliphatic rings. The SMILES string of the molecule is CNCC1CCCN1Cc1ccc(C)cc1.Cl. The molecule has 17 heavy (non-hydrogen) atoms. The normalized spacial score (nSPS) is 20.2. The zero-order valence-corrected chi connectivity index (χ0v) is 11.6. The van der Waals surface area contributed by atoms with Crippen molar-refractivity contribution in [1.82, 2.24) is 10.2 Å². The number of nitrogens with one attached hydrogen (secondary N) is 1. The van der Waals surface area contributed by atoms with Gasteiger partial charge in [-0.25, -0.2) is 0 Å². The monoisotopic (exact) mass is 254 g/mol. The van der Waals surface area contributed by atoms with Crippen molar-refractivity contribution in [1.29, 1.82) is 0 Å². The third kappa shape index (κ3) is 3.98. The van der Waals surface area contributed by atoms with E-state index in [9.17, 15) is 0 Å². The number of benzene rings is 1. The van der Waals surface area contributed by atoms with Crippen molar-refractivity contribution < 1.29 is 0 Å². The third-order valence-electron chi connectivity index (χ3n) is 3.45. The van der Waals surface area contributed by atoms with E-state index in [1.807, 2.05) is 7.05 Å². The van der Waals surface area contributed by atoms with Crippen LogP contribution in [0.1, 0.15) is 24.0 Å².